The van der Waals surface area contributed by atoms with Gasteiger partial charge in [-0.3, -0.25) is 25.0 Å². The molecule has 0 saturated carbocycles. The maximum atomic E-state index is 14.3. The van der Waals surface area contributed by atoms with Crippen molar-refractivity contribution in [2.24, 2.45) is 0 Å². The molecule has 5 amide bonds. The molecule has 0 radical (unpaired) electrons. The molecule has 2 aliphatic rings. The van der Waals surface area contributed by atoms with Crippen molar-refractivity contribution >= 4 is 62.7 Å². The predicted octanol–water partition coefficient (Wildman–Crippen LogP) is 3.30. The second-order valence-electron chi connectivity index (χ2n) is 9.02. The van der Waals surface area contributed by atoms with Gasteiger partial charge in [-0.2, -0.15) is 0 Å². The van der Waals surface area contributed by atoms with Crippen LogP contribution in [0.1, 0.15) is 47.7 Å². The third-order valence-corrected chi connectivity index (χ3v) is 7.66. The minimum Gasteiger partial charge on any atom is -0.326 e. The van der Waals surface area contributed by atoms with Crippen LogP contribution in [0.15, 0.2) is 24.3 Å². The Hall–Kier alpha value is -3.64. The quantitative estimate of drug-likeness (QED) is 0.443. The molecule has 186 valence electrons. The lowest BCUT2D eigenvalue weighted by Gasteiger charge is -2.29. The highest BCUT2D eigenvalue weighted by atomic mass is 35.5. The zero-order chi connectivity index (χ0) is 25.8. The number of carbonyl (C=O) groups is 4. The maximum Gasteiger partial charge on any atom is 0.321 e. The van der Waals surface area contributed by atoms with E-state index in [1.807, 2.05) is 0 Å². The van der Waals surface area contributed by atoms with E-state index < -0.39 is 29.3 Å². The highest BCUT2D eigenvalue weighted by molar-refractivity contribution is 7.18. The van der Waals surface area contributed by atoms with Crippen LogP contribution in [0, 0.1) is 5.82 Å². The van der Waals surface area contributed by atoms with Gasteiger partial charge in [-0.15, -0.1) is 11.3 Å². The SMILES string of the molecule is CC(C)(NC(=O)Nc1ccc2c(n1)CN(C1CCC(=O)NC1=O)C2=O)c1nc2c(F)c(Cl)ccc2s1. The first kappa shape index (κ1) is 24.1. The number of hydrogen-bond donors (Lipinski definition) is 3. The van der Waals surface area contributed by atoms with Crippen molar-refractivity contribution in [2.45, 2.75) is 44.8 Å². The van der Waals surface area contributed by atoms with E-state index in [4.69, 9.17) is 11.6 Å². The number of piperidine rings is 1. The molecule has 1 fully saturated rings. The lowest BCUT2D eigenvalue weighted by molar-refractivity contribution is -0.136. The number of anilines is 1. The molecule has 1 aromatic carbocycles. The monoisotopic (exact) mass is 530 g/mol. The fraction of sp³-hybridized carbons (Fsp3) is 0.304. The van der Waals surface area contributed by atoms with Crippen LogP contribution in [0.5, 0.6) is 0 Å². The van der Waals surface area contributed by atoms with Crippen LogP contribution in [0.25, 0.3) is 10.2 Å². The number of imide groups is 1. The van der Waals surface area contributed by atoms with Gasteiger partial charge in [0.2, 0.25) is 11.8 Å². The third-order valence-electron chi connectivity index (χ3n) is 6.03. The molecule has 36 heavy (non-hydrogen) atoms. The molecule has 2 aliphatic heterocycles. The van der Waals surface area contributed by atoms with E-state index in [0.717, 1.165) is 0 Å². The summed E-state index contributed by atoms with van der Waals surface area (Å²) >= 11 is 7.09. The van der Waals surface area contributed by atoms with Crippen LogP contribution in [0.2, 0.25) is 5.02 Å². The summed E-state index contributed by atoms with van der Waals surface area (Å²) in [5.74, 6) is -1.63. The van der Waals surface area contributed by atoms with E-state index in [9.17, 15) is 23.6 Å². The Morgan fingerprint density at radius 3 is 2.75 bits per heavy atom. The number of rotatable bonds is 4. The number of fused-ring (bicyclic) bond motifs is 2. The number of pyridine rings is 1. The molecule has 3 aromatic rings. The number of hydrogen-bond acceptors (Lipinski definition) is 7. The molecule has 10 nitrogen and oxygen atoms in total. The number of nitrogens with zero attached hydrogens (tertiary/aromatic N) is 3. The zero-order valence-electron chi connectivity index (χ0n) is 19.1. The van der Waals surface area contributed by atoms with E-state index in [1.165, 1.54) is 34.4 Å². The molecule has 0 bridgehead atoms. The first-order valence-electron chi connectivity index (χ1n) is 11.0. The van der Waals surface area contributed by atoms with Gasteiger partial charge in [-0.05, 0) is 44.5 Å². The number of benzene rings is 1. The summed E-state index contributed by atoms with van der Waals surface area (Å²) in [5.41, 5.74) is -0.0492. The van der Waals surface area contributed by atoms with E-state index in [0.29, 0.717) is 21.0 Å². The van der Waals surface area contributed by atoms with Crippen molar-refractivity contribution < 1.29 is 23.6 Å². The van der Waals surface area contributed by atoms with Crippen LogP contribution < -0.4 is 16.0 Å². The van der Waals surface area contributed by atoms with Gasteiger partial charge >= 0.3 is 6.03 Å². The summed E-state index contributed by atoms with van der Waals surface area (Å²) in [6.07, 6.45) is 0.399. The van der Waals surface area contributed by atoms with Gasteiger partial charge < -0.3 is 10.2 Å². The molecule has 0 spiro atoms. The maximum absolute atomic E-state index is 14.3. The van der Waals surface area contributed by atoms with E-state index >= 15 is 0 Å². The Morgan fingerprint density at radius 2 is 2.00 bits per heavy atom. The van der Waals surface area contributed by atoms with Crippen molar-refractivity contribution in [2.75, 3.05) is 5.32 Å². The van der Waals surface area contributed by atoms with Crippen molar-refractivity contribution in [1.29, 1.82) is 0 Å². The number of aromatic nitrogens is 2. The molecule has 5 rings (SSSR count). The summed E-state index contributed by atoms with van der Waals surface area (Å²) in [5, 5.41) is 8.16. The van der Waals surface area contributed by atoms with Gasteiger partial charge in [0.15, 0.2) is 5.82 Å². The Balaban J connectivity index is 1.28. The fourth-order valence-electron chi connectivity index (χ4n) is 4.19. The number of thiazole rings is 1. The molecule has 0 aliphatic carbocycles. The molecule has 1 unspecified atom stereocenters. The predicted molar refractivity (Wildman–Crippen MR) is 130 cm³/mol. The normalized spacial score (nSPS) is 17.8. The first-order chi connectivity index (χ1) is 17.0. The molecule has 4 heterocycles. The fourth-order valence-corrected chi connectivity index (χ4v) is 5.37. The average Bonchev–Trinajstić information content (AvgIpc) is 3.38. The Labute approximate surface area is 213 Å². The van der Waals surface area contributed by atoms with Gasteiger partial charge in [-0.25, -0.2) is 19.2 Å². The standard InChI is InChI=1S/C23H20ClFN6O4S/c1-23(2,21-29-18-14(36-21)6-4-11(24)17(18)25)30-22(35)27-15-7-3-10-12(26-15)9-31(20(10)34)13-5-8-16(32)28-19(13)33/h3-4,6-7,13H,5,8-9H2,1-2H3,(H,28,32,33)(H2,26,27,30,35). The van der Waals surface area contributed by atoms with Crippen LogP contribution in [0.4, 0.5) is 15.0 Å². The van der Waals surface area contributed by atoms with Crippen molar-refractivity contribution in [1.82, 2.24) is 25.5 Å². The van der Waals surface area contributed by atoms with Crippen LogP contribution in [-0.4, -0.2) is 44.7 Å². The van der Waals surface area contributed by atoms with Crippen LogP contribution >= 0.6 is 22.9 Å². The van der Waals surface area contributed by atoms with Gasteiger partial charge in [0.1, 0.15) is 22.4 Å². The summed E-state index contributed by atoms with van der Waals surface area (Å²) in [6.45, 7) is 3.55. The number of halogens is 2. The average molecular weight is 531 g/mol. The second kappa shape index (κ2) is 8.79. The minimum absolute atomic E-state index is 0.0276. The Morgan fingerprint density at radius 1 is 1.22 bits per heavy atom. The molecule has 13 heteroatoms. The summed E-state index contributed by atoms with van der Waals surface area (Å²) < 4.78 is 14.9. The van der Waals surface area contributed by atoms with Gasteiger partial charge in [0, 0.05) is 6.42 Å². The minimum atomic E-state index is -0.943. The highest BCUT2D eigenvalue weighted by Crippen LogP contribution is 2.33. The number of urea groups is 1. The van der Waals surface area contributed by atoms with Crippen molar-refractivity contribution in [3.8, 4) is 0 Å². The number of nitrogens with one attached hydrogen (secondary N) is 3. The highest BCUT2D eigenvalue weighted by Gasteiger charge is 2.40. The van der Waals surface area contributed by atoms with Crippen LogP contribution in [-0.2, 0) is 21.7 Å². The van der Waals surface area contributed by atoms with Crippen LogP contribution in [0.3, 0.4) is 0 Å². The first-order valence-corrected chi connectivity index (χ1v) is 12.2. The van der Waals surface area contributed by atoms with Gasteiger partial charge in [0.25, 0.3) is 5.91 Å². The largest absolute Gasteiger partial charge is 0.326 e. The summed E-state index contributed by atoms with van der Waals surface area (Å²) in [6, 6.07) is 4.84. The van der Waals surface area contributed by atoms with E-state index in [-0.39, 0.29) is 47.6 Å². The molecule has 2 aromatic heterocycles. The second-order valence-corrected chi connectivity index (χ2v) is 10.5. The lowest BCUT2D eigenvalue weighted by Crippen LogP contribution is -2.52. The zero-order valence-corrected chi connectivity index (χ0v) is 20.7. The Bertz CT molecular complexity index is 1460. The molecule has 1 saturated heterocycles. The molecule has 1 atom stereocenters. The molecular weight excluding hydrogens is 511 g/mol. The Kier molecular flexibility index (Phi) is 5.87. The van der Waals surface area contributed by atoms with Crippen molar-refractivity contribution in [3.05, 3.63) is 51.4 Å². The number of carbonyl (C=O) groups excluding carboxylic acids is 4. The van der Waals surface area contributed by atoms with Gasteiger partial charge in [-0.1, -0.05) is 11.6 Å². The summed E-state index contributed by atoms with van der Waals surface area (Å²) in [7, 11) is 0. The van der Waals surface area contributed by atoms with E-state index in [2.05, 4.69) is 25.9 Å². The van der Waals surface area contributed by atoms with Crippen molar-refractivity contribution in [3.63, 3.8) is 0 Å². The number of amides is 5. The molecule has 3 N–H and O–H groups in total. The summed E-state index contributed by atoms with van der Waals surface area (Å²) in [4.78, 5) is 59.3. The lowest BCUT2D eigenvalue weighted by atomic mass is 10.0. The third kappa shape index (κ3) is 4.26. The topological polar surface area (TPSA) is 133 Å². The van der Waals surface area contributed by atoms with E-state index in [1.54, 1.807) is 19.9 Å². The smallest absolute Gasteiger partial charge is 0.321 e. The molecular formula is C23H20ClFN6O4S. The van der Waals surface area contributed by atoms with Gasteiger partial charge in [0.05, 0.1) is 33.1 Å².